The number of H-pyrrole nitrogens is 1. The lowest BCUT2D eigenvalue weighted by Crippen LogP contribution is -2.21. The Hall–Kier alpha value is -2.91. The first-order valence-electron chi connectivity index (χ1n) is 8.24. The van der Waals surface area contributed by atoms with Crippen molar-refractivity contribution in [3.63, 3.8) is 0 Å². The molecule has 6 nitrogen and oxygen atoms in total. The van der Waals surface area contributed by atoms with Crippen LogP contribution >= 0.6 is 0 Å². The number of nitrogens with zero attached hydrogens (tertiary/aromatic N) is 1. The molecule has 1 heterocycles. The number of aromatic nitrogens is 1. The third kappa shape index (κ3) is 3.84. The van der Waals surface area contributed by atoms with E-state index in [4.69, 9.17) is 10.5 Å². The monoisotopic (exact) mass is 353 g/mol. The maximum absolute atomic E-state index is 12.3. The average Bonchev–Trinajstić information content (AvgIpc) is 2.55. The molecule has 0 fully saturated rings. The van der Waals surface area contributed by atoms with Gasteiger partial charge in [-0.2, -0.15) is 5.26 Å². The van der Waals surface area contributed by atoms with E-state index in [1.165, 1.54) is 6.20 Å². The Kier molecular flexibility index (Phi) is 5.63. The number of ether oxygens (including phenoxy) is 1. The Morgan fingerprint density at radius 3 is 2.54 bits per heavy atom. The normalized spacial score (nSPS) is 12.4. The standard InChI is InChI=1S/C20H23N3O3/c1-20(2,3)17(10-21)14-9-15(13-6-5-7-23-19(13)25)16(18(22)24)8-12(14)11-26-4/h5-9,17H,11H2,1-4H3,(H2,22,24)(H,23,25). The number of aromatic amines is 1. The fourth-order valence-corrected chi connectivity index (χ4v) is 3.00. The molecule has 6 heteroatoms. The van der Waals surface area contributed by atoms with E-state index >= 15 is 0 Å². The van der Waals surface area contributed by atoms with Gasteiger partial charge in [-0.05, 0) is 40.8 Å². The number of nitrogens with one attached hydrogen (secondary N) is 1. The predicted octanol–water partition coefficient (Wildman–Crippen LogP) is 2.94. The van der Waals surface area contributed by atoms with Crippen molar-refractivity contribution in [3.05, 3.63) is 57.5 Å². The van der Waals surface area contributed by atoms with Crippen LogP contribution in [0, 0.1) is 16.7 Å². The van der Waals surface area contributed by atoms with Gasteiger partial charge in [0, 0.05) is 30.0 Å². The molecule has 0 saturated carbocycles. The van der Waals surface area contributed by atoms with E-state index in [0.717, 1.165) is 5.56 Å². The number of nitriles is 1. The minimum atomic E-state index is -0.642. The van der Waals surface area contributed by atoms with Crippen LogP contribution in [0.5, 0.6) is 0 Å². The summed E-state index contributed by atoms with van der Waals surface area (Å²) < 4.78 is 5.25. The van der Waals surface area contributed by atoms with E-state index in [-0.39, 0.29) is 23.1 Å². The fourth-order valence-electron chi connectivity index (χ4n) is 3.00. The molecule has 2 aromatic rings. The topological polar surface area (TPSA) is 109 Å². The van der Waals surface area contributed by atoms with Gasteiger partial charge < -0.3 is 15.5 Å². The predicted molar refractivity (Wildman–Crippen MR) is 99.5 cm³/mol. The molecular formula is C20H23N3O3. The van der Waals surface area contributed by atoms with Crippen molar-refractivity contribution in [2.45, 2.75) is 33.3 Å². The molecule has 1 amide bonds. The molecule has 0 spiro atoms. The first-order chi connectivity index (χ1) is 12.2. The maximum atomic E-state index is 12.3. The number of nitrogens with two attached hydrogens (primary N) is 1. The van der Waals surface area contributed by atoms with Gasteiger partial charge in [-0.15, -0.1) is 0 Å². The minimum absolute atomic E-state index is 0.225. The molecule has 0 aliphatic carbocycles. The van der Waals surface area contributed by atoms with Crippen molar-refractivity contribution >= 4 is 5.91 Å². The third-order valence-corrected chi connectivity index (χ3v) is 4.26. The number of carbonyl (C=O) groups is 1. The van der Waals surface area contributed by atoms with Crippen molar-refractivity contribution in [1.29, 1.82) is 5.26 Å². The van der Waals surface area contributed by atoms with E-state index in [9.17, 15) is 14.9 Å². The molecule has 26 heavy (non-hydrogen) atoms. The maximum Gasteiger partial charge on any atom is 0.255 e. The first-order valence-corrected chi connectivity index (χ1v) is 8.24. The van der Waals surface area contributed by atoms with Crippen LogP contribution in [0.1, 0.15) is 48.2 Å². The quantitative estimate of drug-likeness (QED) is 0.861. The molecule has 1 unspecified atom stereocenters. The Morgan fingerprint density at radius 2 is 2.04 bits per heavy atom. The van der Waals surface area contributed by atoms with Crippen LogP contribution in [0.2, 0.25) is 0 Å². The van der Waals surface area contributed by atoms with Gasteiger partial charge in [0.2, 0.25) is 5.91 Å². The SMILES string of the molecule is COCc1cc(C(N)=O)c(-c2ccc[nH]c2=O)cc1C(C#N)C(C)(C)C. The minimum Gasteiger partial charge on any atom is -0.380 e. The van der Waals surface area contributed by atoms with Crippen LogP contribution in [-0.4, -0.2) is 18.0 Å². The van der Waals surface area contributed by atoms with Gasteiger partial charge in [0.15, 0.2) is 0 Å². The molecule has 1 aromatic carbocycles. The van der Waals surface area contributed by atoms with Crippen molar-refractivity contribution < 1.29 is 9.53 Å². The second-order valence-corrected chi connectivity index (χ2v) is 7.23. The lowest BCUT2D eigenvalue weighted by molar-refractivity contribution is 0.100. The van der Waals surface area contributed by atoms with Gasteiger partial charge in [0.05, 0.1) is 18.6 Å². The van der Waals surface area contributed by atoms with E-state index in [1.54, 1.807) is 31.4 Å². The summed E-state index contributed by atoms with van der Waals surface area (Å²) in [5.74, 6) is -1.09. The zero-order valence-corrected chi connectivity index (χ0v) is 15.4. The van der Waals surface area contributed by atoms with Gasteiger partial charge in [-0.1, -0.05) is 20.8 Å². The first kappa shape index (κ1) is 19.4. The van der Waals surface area contributed by atoms with Crippen molar-refractivity contribution in [3.8, 4) is 17.2 Å². The molecule has 136 valence electrons. The second-order valence-electron chi connectivity index (χ2n) is 7.23. The zero-order chi connectivity index (χ0) is 19.5. The van der Waals surface area contributed by atoms with E-state index in [0.29, 0.717) is 16.7 Å². The number of hydrogen-bond donors (Lipinski definition) is 2. The van der Waals surface area contributed by atoms with Gasteiger partial charge in [-0.3, -0.25) is 9.59 Å². The number of rotatable bonds is 5. The number of pyridine rings is 1. The molecule has 0 aliphatic heterocycles. The number of methoxy groups -OCH3 is 1. The van der Waals surface area contributed by atoms with Crippen LogP contribution in [0.25, 0.3) is 11.1 Å². The Morgan fingerprint density at radius 1 is 1.35 bits per heavy atom. The van der Waals surface area contributed by atoms with Crippen LogP contribution < -0.4 is 11.3 Å². The lowest BCUT2D eigenvalue weighted by Gasteiger charge is -2.28. The largest absolute Gasteiger partial charge is 0.380 e. The molecule has 0 saturated heterocycles. The smallest absolute Gasteiger partial charge is 0.255 e. The summed E-state index contributed by atoms with van der Waals surface area (Å²) in [6, 6.07) is 8.99. The van der Waals surface area contributed by atoms with E-state index in [2.05, 4.69) is 11.1 Å². The van der Waals surface area contributed by atoms with Gasteiger partial charge >= 0.3 is 0 Å². The van der Waals surface area contributed by atoms with Gasteiger partial charge in [-0.25, -0.2) is 0 Å². The molecule has 0 bridgehead atoms. The summed E-state index contributed by atoms with van der Waals surface area (Å²) in [5, 5.41) is 9.75. The van der Waals surface area contributed by atoms with E-state index in [1.807, 2.05) is 20.8 Å². The number of hydrogen-bond acceptors (Lipinski definition) is 4. The third-order valence-electron chi connectivity index (χ3n) is 4.26. The fraction of sp³-hybridized carbons (Fsp3) is 0.350. The summed E-state index contributed by atoms with van der Waals surface area (Å²) in [4.78, 5) is 26.9. The zero-order valence-electron chi connectivity index (χ0n) is 15.4. The molecule has 0 radical (unpaired) electrons. The summed E-state index contributed by atoms with van der Waals surface area (Å²) >= 11 is 0. The molecule has 2 rings (SSSR count). The highest BCUT2D eigenvalue weighted by Crippen LogP contribution is 2.39. The van der Waals surface area contributed by atoms with E-state index < -0.39 is 11.8 Å². The van der Waals surface area contributed by atoms with Crippen molar-refractivity contribution in [2.24, 2.45) is 11.1 Å². The molecule has 0 aliphatic rings. The second kappa shape index (κ2) is 7.54. The molecule has 1 aromatic heterocycles. The Bertz CT molecular complexity index is 917. The molecule has 1 atom stereocenters. The van der Waals surface area contributed by atoms with Crippen molar-refractivity contribution in [2.75, 3.05) is 7.11 Å². The average molecular weight is 353 g/mol. The van der Waals surface area contributed by atoms with Crippen LogP contribution in [-0.2, 0) is 11.3 Å². The highest BCUT2D eigenvalue weighted by atomic mass is 16.5. The molecular weight excluding hydrogens is 330 g/mol. The lowest BCUT2D eigenvalue weighted by atomic mass is 9.75. The number of amides is 1. The highest BCUT2D eigenvalue weighted by molar-refractivity contribution is 6.00. The van der Waals surface area contributed by atoms with Crippen LogP contribution in [0.15, 0.2) is 35.3 Å². The number of benzene rings is 1. The Labute approximate surface area is 152 Å². The van der Waals surface area contributed by atoms with Crippen LogP contribution in [0.3, 0.4) is 0 Å². The summed E-state index contributed by atoms with van der Waals surface area (Å²) in [6.07, 6.45) is 1.52. The Balaban J connectivity index is 2.86. The summed E-state index contributed by atoms with van der Waals surface area (Å²) in [5.41, 5.74) is 7.29. The summed E-state index contributed by atoms with van der Waals surface area (Å²) in [7, 11) is 1.54. The highest BCUT2D eigenvalue weighted by Gasteiger charge is 2.30. The van der Waals surface area contributed by atoms with Crippen LogP contribution in [0.4, 0.5) is 0 Å². The van der Waals surface area contributed by atoms with Gasteiger partial charge in [0.25, 0.3) is 5.56 Å². The van der Waals surface area contributed by atoms with Gasteiger partial charge in [0.1, 0.15) is 0 Å². The number of carbonyl (C=O) groups excluding carboxylic acids is 1. The summed E-state index contributed by atoms with van der Waals surface area (Å²) in [6.45, 7) is 6.13. The van der Waals surface area contributed by atoms with Crippen molar-refractivity contribution in [1.82, 2.24) is 4.98 Å². The number of primary amides is 1. The molecule has 3 N–H and O–H groups in total.